The van der Waals surface area contributed by atoms with Gasteiger partial charge in [0.2, 0.25) is 0 Å². The smallest absolute Gasteiger partial charge is 0.341 e. The van der Waals surface area contributed by atoms with Crippen LogP contribution >= 0.6 is 0 Å². The number of aryl methyl sites for hydroxylation is 1. The summed E-state index contributed by atoms with van der Waals surface area (Å²) in [6.07, 6.45) is 3.22. The van der Waals surface area contributed by atoms with Gasteiger partial charge >= 0.3 is 18.0 Å². The van der Waals surface area contributed by atoms with Gasteiger partial charge in [0.25, 0.3) is 5.78 Å². The number of amides is 2. The molecule has 11 heteroatoms. The number of ether oxygens (including phenoxy) is 2. The number of hydrogen-bond donors (Lipinski definition) is 2. The number of nitrogens with zero attached hydrogens (tertiary/aromatic N) is 4. The highest BCUT2D eigenvalue weighted by Gasteiger charge is 2.25. The second-order valence-electron chi connectivity index (χ2n) is 5.51. The minimum Gasteiger partial charge on any atom is -0.463 e. The summed E-state index contributed by atoms with van der Waals surface area (Å²) in [5.74, 6) is -0.863. The predicted octanol–water partition coefficient (Wildman–Crippen LogP) is -0.0265. The molecule has 0 fully saturated rings. The van der Waals surface area contributed by atoms with Gasteiger partial charge in [0.15, 0.2) is 0 Å². The first kappa shape index (κ1) is 18.3. The number of aromatic nitrogens is 4. The van der Waals surface area contributed by atoms with E-state index in [0.29, 0.717) is 17.9 Å². The summed E-state index contributed by atoms with van der Waals surface area (Å²) < 4.78 is 11.7. The summed E-state index contributed by atoms with van der Waals surface area (Å²) >= 11 is 0. The van der Waals surface area contributed by atoms with Gasteiger partial charge in [-0.1, -0.05) is 6.92 Å². The molecular formula is C16H18N6O5. The number of nitrogens with one attached hydrogen (secondary N) is 2. The zero-order chi connectivity index (χ0) is 19.4. The van der Waals surface area contributed by atoms with Gasteiger partial charge < -0.3 is 20.1 Å². The molecule has 0 unspecified atom stereocenters. The zero-order valence-corrected chi connectivity index (χ0v) is 14.8. The van der Waals surface area contributed by atoms with Crippen molar-refractivity contribution in [3.63, 3.8) is 0 Å². The van der Waals surface area contributed by atoms with E-state index in [1.165, 1.54) is 17.0 Å². The van der Waals surface area contributed by atoms with Crippen molar-refractivity contribution in [1.82, 2.24) is 30.2 Å². The number of urea groups is 1. The zero-order valence-electron chi connectivity index (χ0n) is 14.8. The summed E-state index contributed by atoms with van der Waals surface area (Å²) in [5.41, 5.74) is 1.20. The van der Waals surface area contributed by atoms with Gasteiger partial charge in [-0.25, -0.2) is 23.9 Å². The normalized spacial score (nSPS) is 13.9. The second kappa shape index (κ2) is 7.81. The van der Waals surface area contributed by atoms with E-state index in [-0.39, 0.29) is 36.6 Å². The molecule has 0 aromatic carbocycles. The first-order valence-corrected chi connectivity index (χ1v) is 8.33. The fourth-order valence-electron chi connectivity index (χ4n) is 2.62. The van der Waals surface area contributed by atoms with Crippen LogP contribution in [0.15, 0.2) is 23.8 Å². The Hall–Kier alpha value is -3.50. The van der Waals surface area contributed by atoms with Crippen LogP contribution in [-0.2, 0) is 20.7 Å². The van der Waals surface area contributed by atoms with Crippen molar-refractivity contribution in [3.05, 3.63) is 35.1 Å². The van der Waals surface area contributed by atoms with Crippen LogP contribution in [-0.4, -0.2) is 57.3 Å². The highest BCUT2D eigenvalue weighted by molar-refractivity contribution is 5.94. The lowest BCUT2D eigenvalue weighted by Gasteiger charge is -2.21. The molecule has 11 nitrogen and oxygen atoms in total. The molecule has 0 bridgehead atoms. The third-order valence-electron chi connectivity index (χ3n) is 3.88. The molecule has 0 spiro atoms. The summed E-state index contributed by atoms with van der Waals surface area (Å²) in [4.78, 5) is 44.1. The topological polar surface area (TPSA) is 137 Å². The summed E-state index contributed by atoms with van der Waals surface area (Å²) in [7, 11) is 0. The van der Waals surface area contributed by atoms with Gasteiger partial charge in [-0.3, -0.25) is 0 Å². The van der Waals surface area contributed by atoms with Crippen LogP contribution in [0, 0.1) is 0 Å². The van der Waals surface area contributed by atoms with E-state index in [2.05, 4.69) is 25.7 Å². The van der Waals surface area contributed by atoms with E-state index in [4.69, 9.17) is 9.47 Å². The molecular weight excluding hydrogens is 356 g/mol. The Morgan fingerprint density at radius 2 is 2.04 bits per heavy atom. The average Bonchev–Trinajstić information content (AvgIpc) is 3.14. The molecule has 0 saturated heterocycles. The number of rotatable bonds is 6. The fraction of sp³-hybridized carbons (Fsp3) is 0.375. The van der Waals surface area contributed by atoms with E-state index in [1.807, 2.05) is 6.92 Å². The van der Waals surface area contributed by atoms with Crippen molar-refractivity contribution in [2.24, 2.45) is 0 Å². The fourth-order valence-corrected chi connectivity index (χ4v) is 2.62. The number of carbonyl (C=O) groups excluding carboxylic acids is 3. The standard InChI is InChI=1S/C16H18N6O5/c1-3-12-10(6-17-15-19-8-20-22(12)15)14(24)27-7-11-9(13(23)26-4-2)5-18-16(25)21-11/h6,8H,3-5,7H2,1-2H3,(H2,18,21,25). The monoisotopic (exact) mass is 374 g/mol. The van der Waals surface area contributed by atoms with Crippen LogP contribution in [0.5, 0.6) is 0 Å². The van der Waals surface area contributed by atoms with Crippen LogP contribution in [0.4, 0.5) is 4.79 Å². The van der Waals surface area contributed by atoms with Crippen LogP contribution in [0.3, 0.4) is 0 Å². The largest absolute Gasteiger partial charge is 0.463 e. The maximum atomic E-state index is 12.5. The SMILES string of the molecule is CCOC(=O)C1=C(COC(=O)c2cnc3ncnn3c2CC)NC(=O)NC1. The van der Waals surface area contributed by atoms with Crippen molar-refractivity contribution in [1.29, 1.82) is 0 Å². The molecule has 142 valence electrons. The molecule has 1 aliphatic rings. The number of carbonyl (C=O) groups is 3. The molecule has 0 atom stereocenters. The Labute approximate surface area is 153 Å². The third-order valence-corrected chi connectivity index (χ3v) is 3.88. The van der Waals surface area contributed by atoms with E-state index < -0.39 is 18.0 Å². The number of fused-ring (bicyclic) bond motifs is 1. The Bertz CT molecular complexity index is 935. The highest BCUT2D eigenvalue weighted by Crippen LogP contribution is 2.13. The molecule has 0 saturated carbocycles. The van der Waals surface area contributed by atoms with Gasteiger partial charge in [0.1, 0.15) is 12.9 Å². The van der Waals surface area contributed by atoms with Crippen molar-refractivity contribution in [2.75, 3.05) is 19.8 Å². The Kier molecular flexibility index (Phi) is 5.29. The van der Waals surface area contributed by atoms with Crippen LogP contribution < -0.4 is 10.6 Å². The van der Waals surface area contributed by atoms with Gasteiger partial charge in [0, 0.05) is 6.20 Å². The van der Waals surface area contributed by atoms with Crippen molar-refractivity contribution < 1.29 is 23.9 Å². The van der Waals surface area contributed by atoms with E-state index >= 15 is 0 Å². The lowest BCUT2D eigenvalue weighted by molar-refractivity contribution is -0.138. The molecule has 2 aromatic rings. The molecule has 2 amide bonds. The lowest BCUT2D eigenvalue weighted by Crippen LogP contribution is -2.45. The maximum absolute atomic E-state index is 12.5. The lowest BCUT2D eigenvalue weighted by atomic mass is 10.1. The van der Waals surface area contributed by atoms with Gasteiger partial charge in [-0.05, 0) is 13.3 Å². The molecule has 3 heterocycles. The second-order valence-corrected chi connectivity index (χ2v) is 5.51. The predicted molar refractivity (Wildman–Crippen MR) is 90.6 cm³/mol. The first-order chi connectivity index (χ1) is 13.0. The Morgan fingerprint density at radius 1 is 1.22 bits per heavy atom. The third kappa shape index (κ3) is 3.71. The van der Waals surface area contributed by atoms with Gasteiger partial charge in [-0.15, -0.1) is 0 Å². The van der Waals surface area contributed by atoms with Gasteiger partial charge in [-0.2, -0.15) is 10.1 Å². The van der Waals surface area contributed by atoms with Gasteiger partial charge in [0.05, 0.1) is 35.7 Å². The molecule has 2 N–H and O–H groups in total. The quantitative estimate of drug-likeness (QED) is 0.673. The van der Waals surface area contributed by atoms with E-state index in [1.54, 1.807) is 6.92 Å². The average molecular weight is 374 g/mol. The molecule has 27 heavy (non-hydrogen) atoms. The summed E-state index contributed by atoms with van der Waals surface area (Å²) in [5, 5.41) is 9.00. The number of hydrogen-bond acceptors (Lipinski definition) is 8. The van der Waals surface area contributed by atoms with Crippen molar-refractivity contribution >= 4 is 23.7 Å². The Morgan fingerprint density at radius 3 is 2.78 bits per heavy atom. The summed E-state index contributed by atoms with van der Waals surface area (Å²) in [6.45, 7) is 3.42. The van der Waals surface area contributed by atoms with E-state index in [9.17, 15) is 14.4 Å². The minimum atomic E-state index is -0.653. The van der Waals surface area contributed by atoms with Crippen LogP contribution in [0.1, 0.15) is 29.9 Å². The summed E-state index contributed by atoms with van der Waals surface area (Å²) in [6, 6.07) is -0.492. The number of esters is 2. The molecule has 0 aliphatic carbocycles. The highest BCUT2D eigenvalue weighted by atomic mass is 16.5. The molecule has 3 rings (SSSR count). The van der Waals surface area contributed by atoms with Crippen molar-refractivity contribution in [2.45, 2.75) is 20.3 Å². The van der Waals surface area contributed by atoms with E-state index in [0.717, 1.165) is 0 Å². The Balaban J connectivity index is 1.81. The van der Waals surface area contributed by atoms with Crippen LogP contribution in [0.25, 0.3) is 5.78 Å². The molecule has 2 aromatic heterocycles. The van der Waals surface area contributed by atoms with Crippen LogP contribution in [0.2, 0.25) is 0 Å². The minimum absolute atomic E-state index is 0.00969. The first-order valence-electron chi connectivity index (χ1n) is 8.33. The molecule has 1 aliphatic heterocycles. The van der Waals surface area contributed by atoms with Crippen molar-refractivity contribution in [3.8, 4) is 0 Å². The maximum Gasteiger partial charge on any atom is 0.341 e. The molecule has 0 radical (unpaired) electrons.